The molecule has 0 spiro atoms. The Morgan fingerprint density at radius 3 is 3.18 bits per heavy atom. The zero-order chi connectivity index (χ0) is 7.84. The number of carbonyl (C=O) groups is 1. The van der Waals surface area contributed by atoms with E-state index in [1.807, 2.05) is 4.90 Å². The molecule has 1 unspecified atom stereocenters. The molecule has 0 radical (unpaired) electrons. The number of nitrogens with zero attached hydrogens (tertiary/aromatic N) is 2. The Morgan fingerprint density at radius 2 is 2.45 bits per heavy atom. The van der Waals surface area contributed by atoms with Gasteiger partial charge in [0.1, 0.15) is 0 Å². The van der Waals surface area contributed by atoms with Crippen LogP contribution in [0.1, 0.15) is 13.3 Å². The second kappa shape index (κ2) is 2.48. The van der Waals surface area contributed by atoms with Crippen LogP contribution in [0.2, 0.25) is 0 Å². The molecule has 2 aliphatic rings. The fraction of sp³-hybridized carbons (Fsp3) is 0.875. The Bertz CT molecular complexity index is 181. The molecule has 2 heterocycles. The van der Waals surface area contributed by atoms with Crippen molar-refractivity contribution < 1.29 is 4.79 Å². The molecule has 3 nitrogen and oxygen atoms in total. The first-order chi connectivity index (χ1) is 5.31. The van der Waals surface area contributed by atoms with E-state index in [9.17, 15) is 4.79 Å². The van der Waals surface area contributed by atoms with E-state index in [1.165, 1.54) is 6.42 Å². The second-order valence-electron chi connectivity index (χ2n) is 3.35. The summed E-state index contributed by atoms with van der Waals surface area (Å²) in [5.74, 6) is 0.320. The molecule has 0 saturated carbocycles. The van der Waals surface area contributed by atoms with Crippen molar-refractivity contribution in [2.24, 2.45) is 0 Å². The lowest BCUT2D eigenvalue weighted by Crippen LogP contribution is -2.49. The summed E-state index contributed by atoms with van der Waals surface area (Å²) >= 11 is 0. The molecule has 1 amide bonds. The number of fused-ring (bicyclic) bond motifs is 2. The smallest absolute Gasteiger partial charge is 0.236 e. The van der Waals surface area contributed by atoms with Crippen LogP contribution in [-0.4, -0.2) is 47.9 Å². The lowest BCUT2D eigenvalue weighted by molar-refractivity contribution is -0.134. The van der Waals surface area contributed by atoms with E-state index in [1.54, 1.807) is 0 Å². The summed E-state index contributed by atoms with van der Waals surface area (Å²) in [6.45, 7) is 5.76. The van der Waals surface area contributed by atoms with Crippen LogP contribution in [0.25, 0.3) is 0 Å². The monoisotopic (exact) mass is 154 g/mol. The topological polar surface area (TPSA) is 23.6 Å². The van der Waals surface area contributed by atoms with Crippen molar-refractivity contribution >= 4 is 5.91 Å². The van der Waals surface area contributed by atoms with E-state index in [0.717, 1.165) is 19.6 Å². The Hall–Kier alpha value is -0.570. The molecule has 2 rings (SSSR count). The van der Waals surface area contributed by atoms with E-state index in [0.29, 0.717) is 18.5 Å². The van der Waals surface area contributed by atoms with Crippen molar-refractivity contribution in [1.29, 1.82) is 0 Å². The standard InChI is InChI=1S/C8H14N2O/c1-2-9-6-8(11)10-4-3-7(9)5-10/h7H,2-6H2,1H3. The average Bonchev–Trinajstić information content (AvgIpc) is 2.43. The first kappa shape index (κ1) is 7.10. The molecular weight excluding hydrogens is 140 g/mol. The lowest BCUT2D eigenvalue weighted by Gasteiger charge is -2.32. The van der Waals surface area contributed by atoms with E-state index in [2.05, 4.69) is 11.8 Å². The molecular formula is C8H14N2O. The van der Waals surface area contributed by atoms with Gasteiger partial charge in [-0.05, 0) is 13.0 Å². The number of hydrogen-bond acceptors (Lipinski definition) is 2. The molecule has 0 aromatic carbocycles. The predicted octanol–water partition coefficient (Wildman–Crippen LogP) is -0.0772. The van der Waals surface area contributed by atoms with Crippen LogP contribution < -0.4 is 0 Å². The summed E-state index contributed by atoms with van der Waals surface area (Å²) in [7, 11) is 0. The maximum Gasteiger partial charge on any atom is 0.236 e. The second-order valence-corrected chi connectivity index (χ2v) is 3.35. The fourth-order valence-corrected chi connectivity index (χ4v) is 2.04. The molecule has 2 fully saturated rings. The highest BCUT2D eigenvalue weighted by molar-refractivity contribution is 5.79. The minimum atomic E-state index is 0.320. The van der Waals surface area contributed by atoms with Crippen LogP contribution in [0.5, 0.6) is 0 Å². The van der Waals surface area contributed by atoms with Crippen LogP contribution in [-0.2, 0) is 4.79 Å². The van der Waals surface area contributed by atoms with Gasteiger partial charge in [-0.15, -0.1) is 0 Å². The Morgan fingerprint density at radius 1 is 1.64 bits per heavy atom. The molecule has 2 bridgehead atoms. The predicted molar refractivity (Wildman–Crippen MR) is 42.2 cm³/mol. The molecule has 1 atom stereocenters. The van der Waals surface area contributed by atoms with Gasteiger partial charge in [-0.25, -0.2) is 0 Å². The number of hydrogen-bond donors (Lipinski definition) is 0. The van der Waals surface area contributed by atoms with Gasteiger partial charge in [0.25, 0.3) is 0 Å². The Balaban J connectivity index is 2.11. The number of carbonyl (C=O) groups excluding carboxylic acids is 1. The summed E-state index contributed by atoms with van der Waals surface area (Å²) < 4.78 is 0. The highest BCUT2D eigenvalue weighted by Gasteiger charge is 2.35. The fourth-order valence-electron chi connectivity index (χ4n) is 2.04. The summed E-state index contributed by atoms with van der Waals surface area (Å²) in [5, 5.41) is 0. The quantitative estimate of drug-likeness (QED) is 0.527. The van der Waals surface area contributed by atoms with Crippen LogP contribution in [0.3, 0.4) is 0 Å². The summed E-state index contributed by atoms with van der Waals surface area (Å²) in [4.78, 5) is 15.6. The van der Waals surface area contributed by atoms with E-state index < -0.39 is 0 Å². The number of amides is 1. The zero-order valence-corrected chi connectivity index (χ0v) is 6.92. The maximum atomic E-state index is 11.3. The summed E-state index contributed by atoms with van der Waals surface area (Å²) in [6.07, 6.45) is 1.18. The Kier molecular flexibility index (Phi) is 1.60. The lowest BCUT2D eigenvalue weighted by atomic mass is 10.2. The number of rotatable bonds is 1. The third-order valence-electron chi connectivity index (χ3n) is 2.78. The van der Waals surface area contributed by atoms with Crippen LogP contribution in [0, 0.1) is 0 Å². The van der Waals surface area contributed by atoms with Gasteiger partial charge in [0.2, 0.25) is 5.91 Å². The molecule has 0 N–H and O–H groups in total. The van der Waals surface area contributed by atoms with Gasteiger partial charge in [0.05, 0.1) is 6.54 Å². The molecule has 11 heavy (non-hydrogen) atoms. The molecule has 0 aromatic rings. The van der Waals surface area contributed by atoms with Crippen molar-refractivity contribution in [3.8, 4) is 0 Å². The molecule has 3 heteroatoms. The highest BCUT2D eigenvalue weighted by Crippen LogP contribution is 2.20. The normalized spacial score (nSPS) is 31.5. The summed E-state index contributed by atoms with van der Waals surface area (Å²) in [6, 6.07) is 0.665. The SMILES string of the molecule is CCN1CC(=O)N2CCC1C2. The molecule has 2 aliphatic heterocycles. The van der Waals surface area contributed by atoms with Crippen molar-refractivity contribution in [3.05, 3.63) is 0 Å². The maximum absolute atomic E-state index is 11.3. The van der Waals surface area contributed by atoms with Crippen LogP contribution >= 0.6 is 0 Å². The van der Waals surface area contributed by atoms with Gasteiger partial charge in [-0.1, -0.05) is 6.92 Å². The van der Waals surface area contributed by atoms with Gasteiger partial charge >= 0.3 is 0 Å². The molecule has 0 aromatic heterocycles. The minimum absolute atomic E-state index is 0.320. The highest BCUT2D eigenvalue weighted by atomic mass is 16.2. The third-order valence-corrected chi connectivity index (χ3v) is 2.78. The number of likely N-dealkylation sites (N-methyl/N-ethyl adjacent to an activating group) is 1. The largest absolute Gasteiger partial charge is 0.340 e. The van der Waals surface area contributed by atoms with E-state index in [-0.39, 0.29) is 0 Å². The van der Waals surface area contributed by atoms with Gasteiger partial charge < -0.3 is 4.90 Å². The van der Waals surface area contributed by atoms with Crippen molar-refractivity contribution in [1.82, 2.24) is 9.80 Å². The van der Waals surface area contributed by atoms with Gasteiger partial charge in [-0.2, -0.15) is 0 Å². The first-order valence-corrected chi connectivity index (χ1v) is 4.33. The van der Waals surface area contributed by atoms with Crippen LogP contribution in [0.15, 0.2) is 0 Å². The zero-order valence-electron chi connectivity index (χ0n) is 6.92. The Labute approximate surface area is 67.0 Å². The molecule has 2 saturated heterocycles. The summed E-state index contributed by atoms with van der Waals surface area (Å²) in [5.41, 5.74) is 0. The average molecular weight is 154 g/mol. The molecule has 62 valence electrons. The van der Waals surface area contributed by atoms with Crippen LogP contribution in [0.4, 0.5) is 0 Å². The van der Waals surface area contributed by atoms with Gasteiger partial charge in [0, 0.05) is 19.1 Å². The minimum Gasteiger partial charge on any atom is -0.340 e. The van der Waals surface area contributed by atoms with E-state index in [4.69, 9.17) is 0 Å². The van der Waals surface area contributed by atoms with Crippen molar-refractivity contribution in [3.63, 3.8) is 0 Å². The van der Waals surface area contributed by atoms with Crippen molar-refractivity contribution in [2.45, 2.75) is 19.4 Å². The van der Waals surface area contributed by atoms with E-state index >= 15 is 0 Å². The van der Waals surface area contributed by atoms with Gasteiger partial charge in [0.15, 0.2) is 0 Å². The first-order valence-electron chi connectivity index (χ1n) is 4.33. The molecule has 0 aliphatic carbocycles. The van der Waals surface area contributed by atoms with Crippen molar-refractivity contribution in [2.75, 3.05) is 26.2 Å². The number of piperazine rings is 1. The van der Waals surface area contributed by atoms with Gasteiger partial charge in [-0.3, -0.25) is 9.69 Å². The third kappa shape index (κ3) is 1.03.